The Bertz CT molecular complexity index is 1160. The molecule has 6 heteroatoms. The molecule has 0 unspecified atom stereocenters. The number of nitrogens with zero attached hydrogens (tertiary/aromatic N) is 1. The van der Waals surface area contributed by atoms with E-state index in [1.807, 2.05) is 25.3 Å². The summed E-state index contributed by atoms with van der Waals surface area (Å²) < 4.78 is 0. The number of carbonyl (C=O) groups excluding carboxylic acids is 2. The third kappa shape index (κ3) is 6.65. The van der Waals surface area contributed by atoms with Gasteiger partial charge >= 0.3 is 0 Å². The van der Waals surface area contributed by atoms with Crippen LogP contribution in [0.4, 0.5) is 5.69 Å². The molecule has 1 fully saturated rings. The van der Waals surface area contributed by atoms with Crippen LogP contribution >= 0.6 is 11.3 Å². The van der Waals surface area contributed by atoms with Crippen LogP contribution in [-0.2, 0) is 15.1 Å². The first-order valence-corrected chi connectivity index (χ1v) is 13.3. The number of anilines is 1. The molecule has 3 N–H and O–H groups in total. The smallest absolute Gasteiger partial charge is 0.224 e. The highest BCUT2D eigenvalue weighted by atomic mass is 32.1. The van der Waals surface area contributed by atoms with Gasteiger partial charge in [0.2, 0.25) is 5.91 Å². The SMILES string of the molecule is CC(=O)CC1CCC(CC(=O)Nc2cnc(-c3ccc(C(C)(C)N)cc3)c(-c3ccsc3)c2)CC1. The molecule has 2 aromatic heterocycles. The molecule has 0 saturated heterocycles. The molecule has 184 valence electrons. The minimum Gasteiger partial charge on any atom is -0.325 e. The highest BCUT2D eigenvalue weighted by Gasteiger charge is 2.24. The van der Waals surface area contributed by atoms with Gasteiger partial charge in [-0.15, -0.1) is 0 Å². The van der Waals surface area contributed by atoms with E-state index in [2.05, 4.69) is 41.0 Å². The summed E-state index contributed by atoms with van der Waals surface area (Å²) in [6, 6.07) is 12.3. The molecule has 0 aliphatic heterocycles. The van der Waals surface area contributed by atoms with Gasteiger partial charge in [-0.25, -0.2) is 0 Å². The van der Waals surface area contributed by atoms with Gasteiger partial charge < -0.3 is 15.8 Å². The van der Waals surface area contributed by atoms with E-state index in [4.69, 9.17) is 10.7 Å². The third-order valence-electron chi connectivity index (χ3n) is 6.92. The molecule has 0 spiro atoms. The van der Waals surface area contributed by atoms with E-state index in [-0.39, 0.29) is 11.7 Å². The maximum absolute atomic E-state index is 12.8. The Morgan fingerprint density at radius 3 is 2.26 bits per heavy atom. The van der Waals surface area contributed by atoms with Crippen LogP contribution in [-0.4, -0.2) is 16.7 Å². The Labute approximate surface area is 212 Å². The zero-order valence-electron chi connectivity index (χ0n) is 20.8. The number of benzene rings is 1. The number of aromatic nitrogens is 1. The van der Waals surface area contributed by atoms with Crippen LogP contribution in [0.5, 0.6) is 0 Å². The first kappa shape index (κ1) is 25.3. The summed E-state index contributed by atoms with van der Waals surface area (Å²) in [6.07, 6.45) is 7.03. The number of Topliss-reactive ketones (excluding diaryl/α,β-unsaturated/α-hetero) is 1. The lowest BCUT2D eigenvalue weighted by Gasteiger charge is -2.27. The molecule has 0 bridgehead atoms. The third-order valence-corrected chi connectivity index (χ3v) is 7.61. The Morgan fingerprint density at radius 2 is 1.69 bits per heavy atom. The average molecular weight is 490 g/mol. The summed E-state index contributed by atoms with van der Waals surface area (Å²) in [5, 5.41) is 7.22. The number of thiophene rings is 1. The molecule has 1 saturated carbocycles. The molecule has 0 radical (unpaired) electrons. The van der Waals surface area contributed by atoms with E-state index >= 15 is 0 Å². The number of nitrogens with one attached hydrogen (secondary N) is 1. The van der Waals surface area contributed by atoms with Crippen molar-refractivity contribution in [2.75, 3.05) is 5.32 Å². The molecule has 4 rings (SSSR count). The maximum atomic E-state index is 12.8. The topological polar surface area (TPSA) is 85.1 Å². The van der Waals surface area contributed by atoms with Gasteiger partial charge in [0.15, 0.2) is 0 Å². The summed E-state index contributed by atoms with van der Waals surface area (Å²) in [6.45, 7) is 5.65. The summed E-state index contributed by atoms with van der Waals surface area (Å²) in [5.41, 5.74) is 11.6. The number of pyridine rings is 1. The zero-order chi connectivity index (χ0) is 25.0. The number of amides is 1. The molecule has 1 aromatic carbocycles. The second kappa shape index (κ2) is 10.8. The van der Waals surface area contributed by atoms with Crippen molar-refractivity contribution in [3.05, 3.63) is 58.9 Å². The summed E-state index contributed by atoms with van der Waals surface area (Å²) in [5.74, 6) is 1.16. The molecule has 1 aliphatic carbocycles. The van der Waals surface area contributed by atoms with E-state index in [9.17, 15) is 9.59 Å². The van der Waals surface area contributed by atoms with Gasteiger partial charge in [0.25, 0.3) is 0 Å². The fourth-order valence-corrected chi connectivity index (χ4v) is 5.63. The monoisotopic (exact) mass is 489 g/mol. The normalized spacial score (nSPS) is 18.3. The van der Waals surface area contributed by atoms with E-state index in [0.29, 0.717) is 30.4 Å². The van der Waals surface area contributed by atoms with Crippen molar-refractivity contribution in [3.63, 3.8) is 0 Å². The molecular formula is C29H35N3O2S. The van der Waals surface area contributed by atoms with Crippen LogP contribution in [0.25, 0.3) is 22.4 Å². The lowest BCUT2D eigenvalue weighted by Crippen LogP contribution is -2.28. The van der Waals surface area contributed by atoms with Crippen LogP contribution in [0.2, 0.25) is 0 Å². The van der Waals surface area contributed by atoms with Crippen molar-refractivity contribution in [3.8, 4) is 22.4 Å². The Kier molecular flexibility index (Phi) is 7.82. The van der Waals surface area contributed by atoms with Crippen LogP contribution < -0.4 is 11.1 Å². The van der Waals surface area contributed by atoms with Crippen molar-refractivity contribution >= 4 is 28.7 Å². The van der Waals surface area contributed by atoms with E-state index in [0.717, 1.165) is 53.6 Å². The van der Waals surface area contributed by atoms with Crippen molar-refractivity contribution in [2.24, 2.45) is 17.6 Å². The molecule has 5 nitrogen and oxygen atoms in total. The highest BCUT2D eigenvalue weighted by Crippen LogP contribution is 2.35. The molecule has 1 amide bonds. The van der Waals surface area contributed by atoms with Crippen LogP contribution in [0.3, 0.4) is 0 Å². The van der Waals surface area contributed by atoms with Gasteiger partial charge in [-0.3, -0.25) is 9.78 Å². The Hall–Kier alpha value is -2.83. The number of hydrogen-bond donors (Lipinski definition) is 2. The number of nitrogens with two attached hydrogens (primary N) is 1. The van der Waals surface area contributed by atoms with E-state index < -0.39 is 5.54 Å². The predicted octanol–water partition coefficient (Wildman–Crippen LogP) is 6.79. The molecule has 0 atom stereocenters. The fraction of sp³-hybridized carbons (Fsp3) is 0.414. The molecule has 1 aliphatic rings. The van der Waals surface area contributed by atoms with E-state index in [1.54, 1.807) is 24.5 Å². The van der Waals surface area contributed by atoms with Crippen LogP contribution in [0, 0.1) is 11.8 Å². The van der Waals surface area contributed by atoms with Gasteiger partial charge in [-0.2, -0.15) is 11.3 Å². The predicted molar refractivity (Wildman–Crippen MR) is 144 cm³/mol. The second-order valence-electron chi connectivity index (χ2n) is 10.5. The Morgan fingerprint density at radius 1 is 1.03 bits per heavy atom. The van der Waals surface area contributed by atoms with Crippen molar-refractivity contribution in [1.29, 1.82) is 0 Å². The lowest BCUT2D eigenvalue weighted by atomic mass is 9.78. The quantitative estimate of drug-likeness (QED) is 0.365. The zero-order valence-corrected chi connectivity index (χ0v) is 21.7. The van der Waals surface area contributed by atoms with Gasteiger partial charge in [-0.1, -0.05) is 24.3 Å². The van der Waals surface area contributed by atoms with Gasteiger partial charge in [0, 0.05) is 29.5 Å². The number of hydrogen-bond acceptors (Lipinski definition) is 5. The minimum absolute atomic E-state index is 0.0281. The highest BCUT2D eigenvalue weighted by molar-refractivity contribution is 7.08. The van der Waals surface area contributed by atoms with Crippen molar-refractivity contribution in [2.45, 2.75) is 64.8 Å². The van der Waals surface area contributed by atoms with Gasteiger partial charge in [-0.05, 0) is 92.3 Å². The number of rotatable bonds is 8. The van der Waals surface area contributed by atoms with Gasteiger partial charge in [0.05, 0.1) is 17.6 Å². The minimum atomic E-state index is -0.400. The van der Waals surface area contributed by atoms with Crippen molar-refractivity contribution < 1.29 is 9.59 Å². The number of carbonyl (C=O) groups is 2. The van der Waals surface area contributed by atoms with Crippen LogP contribution in [0.15, 0.2) is 53.4 Å². The number of ketones is 1. The van der Waals surface area contributed by atoms with Crippen molar-refractivity contribution in [1.82, 2.24) is 4.98 Å². The molecule has 3 aromatic rings. The summed E-state index contributed by atoms with van der Waals surface area (Å²) >= 11 is 1.64. The Balaban J connectivity index is 1.47. The first-order valence-electron chi connectivity index (χ1n) is 12.4. The standard InChI is InChI=1S/C29H35N3O2S/c1-19(33)14-20-4-6-21(7-5-20)15-27(34)32-25-16-26(23-12-13-35-18-23)28(31-17-25)22-8-10-24(11-9-22)29(2,3)30/h8-13,16-18,20-21H,4-7,14-15,30H2,1-3H3,(H,32,34). The first-order chi connectivity index (χ1) is 16.7. The molecule has 35 heavy (non-hydrogen) atoms. The second-order valence-corrected chi connectivity index (χ2v) is 11.3. The largest absolute Gasteiger partial charge is 0.325 e. The summed E-state index contributed by atoms with van der Waals surface area (Å²) in [4.78, 5) is 29.0. The maximum Gasteiger partial charge on any atom is 0.224 e. The average Bonchev–Trinajstić information content (AvgIpc) is 3.34. The van der Waals surface area contributed by atoms with Gasteiger partial charge in [0.1, 0.15) is 5.78 Å². The summed E-state index contributed by atoms with van der Waals surface area (Å²) in [7, 11) is 0. The lowest BCUT2D eigenvalue weighted by molar-refractivity contribution is -0.119. The molecular weight excluding hydrogens is 454 g/mol. The molecule has 2 heterocycles. The van der Waals surface area contributed by atoms with Crippen LogP contribution in [0.1, 0.15) is 64.9 Å². The fourth-order valence-electron chi connectivity index (χ4n) is 4.98. The van der Waals surface area contributed by atoms with E-state index in [1.165, 1.54) is 0 Å².